The van der Waals surface area contributed by atoms with Crippen molar-refractivity contribution in [3.8, 4) is 0 Å². The summed E-state index contributed by atoms with van der Waals surface area (Å²) in [7, 11) is 1.69. The Hall–Kier alpha value is 0.520. The van der Waals surface area contributed by atoms with Gasteiger partial charge in [-0.25, -0.2) is 4.39 Å². The van der Waals surface area contributed by atoms with Crippen LogP contribution in [0.25, 0.3) is 0 Å². The molecule has 0 amide bonds. The first-order chi connectivity index (χ1) is 7.15. The predicted molar refractivity (Wildman–Crippen MR) is 77.7 cm³/mol. The van der Waals surface area contributed by atoms with E-state index in [1.54, 1.807) is 21.1 Å². The fourth-order valence-corrected chi connectivity index (χ4v) is 3.23. The van der Waals surface area contributed by atoms with Crippen LogP contribution in [0.1, 0.15) is 32.3 Å². The molecule has 0 saturated heterocycles. The summed E-state index contributed by atoms with van der Waals surface area (Å²) in [6.07, 6.45) is 0. The van der Waals surface area contributed by atoms with Crippen LogP contribution in [0.4, 0.5) is 4.39 Å². The number of benzene rings is 1. The van der Waals surface area contributed by atoms with E-state index in [2.05, 4.69) is 21.2 Å². The van der Waals surface area contributed by atoms with Gasteiger partial charge in [-0.2, -0.15) is 0 Å². The number of hydrogen-bond acceptors (Lipinski definition) is 1. The van der Waals surface area contributed by atoms with Gasteiger partial charge in [0, 0.05) is 10.8 Å². The van der Waals surface area contributed by atoms with Gasteiger partial charge in [-0.1, -0.05) is 47.4 Å². The van der Waals surface area contributed by atoms with Crippen LogP contribution in [0, 0.1) is 5.82 Å². The Labute approximate surface area is 113 Å². The molecule has 1 aromatic carbocycles. The molecule has 0 nitrogen and oxygen atoms in total. The molecule has 86 valence electrons. The molecule has 0 aliphatic rings. The van der Waals surface area contributed by atoms with E-state index in [0.717, 1.165) is 11.3 Å². The molecule has 0 fully saturated rings. The van der Waals surface area contributed by atoms with Crippen LogP contribution >= 0.6 is 41.7 Å². The van der Waals surface area contributed by atoms with E-state index < -0.39 is 0 Å². The van der Waals surface area contributed by atoms with Crippen molar-refractivity contribution in [3.63, 3.8) is 0 Å². The van der Waals surface area contributed by atoms with Gasteiger partial charge in [0.15, 0.2) is 0 Å². The third-order valence-electron chi connectivity index (χ3n) is 1.81. The lowest BCUT2D eigenvalue weighted by atomic mass is 10.0. The first-order valence-corrected chi connectivity index (χ1v) is 8.74. The number of hydrogen-bond donors (Lipinski definition) is 0. The minimum absolute atomic E-state index is 0.203. The third kappa shape index (κ3) is 5.41. The molecular weight excluding hydrogens is 346 g/mol. The number of halogens is 3. The zero-order valence-electron chi connectivity index (χ0n) is 9.06. The maximum atomic E-state index is 13.3. The van der Waals surface area contributed by atoms with E-state index in [-0.39, 0.29) is 11.7 Å². The van der Waals surface area contributed by atoms with Crippen molar-refractivity contribution in [2.45, 2.75) is 26.7 Å². The minimum Gasteiger partial charge on any atom is -0.207 e. The molecule has 0 aliphatic carbocycles. The molecular formula is C11H15ClFIS. The summed E-state index contributed by atoms with van der Waals surface area (Å²) < 4.78 is 13.3. The van der Waals surface area contributed by atoms with Crippen molar-refractivity contribution < 1.29 is 4.39 Å². The van der Waals surface area contributed by atoms with Crippen molar-refractivity contribution in [1.29, 1.82) is 0 Å². The Kier molecular flexibility index (Phi) is 8.95. The third-order valence-corrected chi connectivity index (χ3v) is 3.75. The summed E-state index contributed by atoms with van der Waals surface area (Å²) in [5, 5.41) is 0.454. The van der Waals surface area contributed by atoms with Gasteiger partial charge < -0.3 is 0 Å². The topological polar surface area (TPSA) is 0 Å². The van der Waals surface area contributed by atoms with Crippen LogP contribution in [0.3, 0.4) is 0 Å². The second kappa shape index (κ2) is 8.65. The summed E-state index contributed by atoms with van der Waals surface area (Å²) in [5.74, 6) is 0.948. The van der Waals surface area contributed by atoms with Gasteiger partial charge in [0.25, 0.3) is 0 Å². The van der Waals surface area contributed by atoms with Gasteiger partial charge in [-0.15, -0.1) is 0 Å². The molecule has 1 rings (SSSR count). The molecule has 1 atom stereocenters. The molecule has 1 aromatic rings. The maximum absolute atomic E-state index is 13.3. The molecule has 4 heteroatoms. The van der Waals surface area contributed by atoms with Crippen molar-refractivity contribution in [3.05, 3.63) is 34.6 Å². The fourth-order valence-electron chi connectivity index (χ4n) is 1.09. The van der Waals surface area contributed by atoms with E-state index >= 15 is 0 Å². The largest absolute Gasteiger partial charge is 0.207 e. The van der Waals surface area contributed by atoms with E-state index in [0.29, 0.717) is 5.02 Å². The molecule has 0 heterocycles. The van der Waals surface area contributed by atoms with Gasteiger partial charge >= 0.3 is 0 Å². The molecule has 0 radical (unpaired) electrons. The lowest BCUT2D eigenvalue weighted by molar-refractivity contribution is 0.600. The average Bonchev–Trinajstić information content (AvgIpc) is 2.21. The van der Waals surface area contributed by atoms with Gasteiger partial charge in [-0.05, 0) is 44.8 Å². The zero-order valence-corrected chi connectivity index (χ0v) is 12.8. The highest BCUT2D eigenvalue weighted by molar-refractivity contribution is 14.2. The Morgan fingerprint density at radius 1 is 1.47 bits per heavy atom. The van der Waals surface area contributed by atoms with Crippen LogP contribution in [-0.2, 0) is 0 Å². The summed E-state index contributed by atoms with van der Waals surface area (Å²) in [4.78, 5) is 0. The maximum Gasteiger partial charge on any atom is 0.128 e. The van der Waals surface area contributed by atoms with Crippen molar-refractivity contribution in [2.75, 3.05) is 5.75 Å². The van der Waals surface area contributed by atoms with Crippen molar-refractivity contribution >= 4 is 41.7 Å². The molecule has 0 saturated carbocycles. The average molecular weight is 361 g/mol. The van der Waals surface area contributed by atoms with Crippen molar-refractivity contribution in [1.82, 2.24) is 0 Å². The Bertz CT molecular complexity index is 294. The molecule has 0 aromatic heterocycles. The van der Waals surface area contributed by atoms with E-state index in [1.807, 2.05) is 20.8 Å². The SMILES string of the molecule is CC.CC(CSI)c1ccc(Cl)cc1F. The first-order valence-electron chi connectivity index (χ1n) is 4.83. The molecule has 0 spiro atoms. The summed E-state index contributed by atoms with van der Waals surface area (Å²) in [5.41, 5.74) is 0.744. The minimum atomic E-state index is -0.203. The second-order valence-corrected chi connectivity index (χ2v) is 5.70. The standard InChI is InChI=1S/C9H9ClFIS.C2H6/c1-6(5-13-12)8-3-2-7(10)4-9(8)11;1-2/h2-4,6H,5H2,1H3;1-2H3. The highest BCUT2D eigenvalue weighted by Gasteiger charge is 2.10. The fraction of sp³-hybridized carbons (Fsp3) is 0.455. The van der Waals surface area contributed by atoms with Gasteiger partial charge in [0.1, 0.15) is 5.82 Å². The Morgan fingerprint density at radius 2 is 2.07 bits per heavy atom. The van der Waals surface area contributed by atoms with Crippen LogP contribution in [0.15, 0.2) is 18.2 Å². The first kappa shape index (κ1) is 15.5. The van der Waals surface area contributed by atoms with E-state index in [9.17, 15) is 4.39 Å². The lowest BCUT2D eigenvalue weighted by Gasteiger charge is -2.10. The molecule has 0 bridgehead atoms. The van der Waals surface area contributed by atoms with E-state index in [1.165, 1.54) is 6.07 Å². The smallest absolute Gasteiger partial charge is 0.128 e. The van der Waals surface area contributed by atoms with Gasteiger partial charge in [-0.3, -0.25) is 0 Å². The summed E-state index contributed by atoms with van der Waals surface area (Å²) in [6, 6.07) is 4.86. The zero-order chi connectivity index (χ0) is 11.8. The lowest BCUT2D eigenvalue weighted by Crippen LogP contribution is -1.98. The predicted octanol–water partition coefficient (Wildman–Crippen LogP) is 5.69. The van der Waals surface area contributed by atoms with Crippen LogP contribution in [-0.4, -0.2) is 5.75 Å². The van der Waals surface area contributed by atoms with Gasteiger partial charge in [0.05, 0.1) is 0 Å². The number of rotatable bonds is 3. The quantitative estimate of drug-likeness (QED) is 0.624. The highest BCUT2D eigenvalue weighted by Crippen LogP contribution is 2.27. The monoisotopic (exact) mass is 360 g/mol. The Balaban J connectivity index is 0.000000921. The van der Waals surface area contributed by atoms with Gasteiger partial charge in [0.2, 0.25) is 0 Å². The highest BCUT2D eigenvalue weighted by atomic mass is 127. The van der Waals surface area contributed by atoms with Crippen molar-refractivity contribution in [2.24, 2.45) is 0 Å². The van der Waals surface area contributed by atoms with Crippen LogP contribution < -0.4 is 0 Å². The summed E-state index contributed by atoms with van der Waals surface area (Å²) >= 11 is 7.87. The molecule has 1 unspecified atom stereocenters. The molecule has 0 N–H and O–H groups in total. The van der Waals surface area contributed by atoms with Crippen LogP contribution in [0.2, 0.25) is 5.02 Å². The molecule has 0 aliphatic heterocycles. The van der Waals surface area contributed by atoms with Crippen LogP contribution in [0.5, 0.6) is 0 Å². The Morgan fingerprint density at radius 3 is 2.53 bits per heavy atom. The second-order valence-electron chi connectivity index (χ2n) is 2.84. The van der Waals surface area contributed by atoms with E-state index in [4.69, 9.17) is 11.6 Å². The normalized spacial score (nSPS) is 11.6. The summed E-state index contributed by atoms with van der Waals surface area (Å²) in [6.45, 7) is 6.01. The molecule has 15 heavy (non-hydrogen) atoms.